The monoisotopic (exact) mass is 366 g/mol. The quantitative estimate of drug-likeness (QED) is 0.660. The van der Waals surface area contributed by atoms with Crippen LogP contribution in [0.5, 0.6) is 0 Å². The Balaban J connectivity index is 1.75. The average Bonchev–Trinajstić information content (AvgIpc) is 3.06. The summed E-state index contributed by atoms with van der Waals surface area (Å²) in [7, 11) is 1.87. The van der Waals surface area contributed by atoms with Gasteiger partial charge in [0.25, 0.3) is 0 Å². The van der Waals surface area contributed by atoms with Crippen molar-refractivity contribution in [3.05, 3.63) is 47.9 Å². The van der Waals surface area contributed by atoms with Crippen molar-refractivity contribution in [2.45, 2.75) is 32.5 Å². The molecular formula is C21H23FN4O. The summed E-state index contributed by atoms with van der Waals surface area (Å²) in [5.41, 5.74) is 4.22. The molecule has 3 heterocycles. The minimum Gasteiger partial charge on any atom is -0.296 e. The van der Waals surface area contributed by atoms with Crippen molar-refractivity contribution in [2.75, 3.05) is 13.1 Å². The highest BCUT2D eigenvalue weighted by Crippen LogP contribution is 2.29. The fourth-order valence-electron chi connectivity index (χ4n) is 3.75. The molecule has 6 heteroatoms. The molecule has 0 N–H and O–H groups in total. The highest BCUT2D eigenvalue weighted by molar-refractivity contribution is 6.01. The molecule has 0 aliphatic carbocycles. The molecule has 2 aromatic heterocycles. The maximum atomic E-state index is 13.7. The Labute approximate surface area is 157 Å². The van der Waals surface area contributed by atoms with Crippen LogP contribution >= 0.6 is 0 Å². The van der Waals surface area contributed by atoms with Gasteiger partial charge < -0.3 is 0 Å². The molecule has 0 spiro atoms. The zero-order chi connectivity index (χ0) is 19.0. The Hall–Kier alpha value is -2.60. The first kappa shape index (κ1) is 17.8. The predicted molar refractivity (Wildman–Crippen MR) is 103 cm³/mol. The molecule has 0 saturated carbocycles. The smallest absolute Gasteiger partial charge is 0.178 e. The number of aromatic nitrogens is 3. The number of carbonyl (C=O) groups is 1. The third-order valence-electron chi connectivity index (χ3n) is 5.11. The van der Waals surface area contributed by atoms with E-state index in [1.54, 1.807) is 10.9 Å². The first-order chi connectivity index (χ1) is 13.0. The number of alkyl halides is 1. The lowest BCUT2D eigenvalue weighted by Gasteiger charge is -2.28. The summed E-state index contributed by atoms with van der Waals surface area (Å²) in [6.07, 6.45) is 4.54. The van der Waals surface area contributed by atoms with Gasteiger partial charge in [-0.2, -0.15) is 5.10 Å². The van der Waals surface area contributed by atoms with Crippen LogP contribution in [0.15, 0.2) is 36.7 Å². The molecule has 0 radical (unpaired) electrons. The molecule has 1 aromatic carbocycles. The molecule has 1 aliphatic rings. The molecule has 1 unspecified atom stereocenters. The summed E-state index contributed by atoms with van der Waals surface area (Å²) in [5.74, 6) is -0.0660. The van der Waals surface area contributed by atoms with Gasteiger partial charge >= 0.3 is 0 Å². The summed E-state index contributed by atoms with van der Waals surface area (Å²) in [5, 5.41) is 5.23. The van der Waals surface area contributed by atoms with Crippen molar-refractivity contribution >= 4 is 16.7 Å². The number of ketones is 1. The van der Waals surface area contributed by atoms with Gasteiger partial charge in [-0.1, -0.05) is 12.1 Å². The van der Waals surface area contributed by atoms with E-state index in [0.717, 1.165) is 40.6 Å². The highest BCUT2D eigenvalue weighted by Gasteiger charge is 2.19. The minimum atomic E-state index is -0.737. The largest absolute Gasteiger partial charge is 0.296 e. The highest BCUT2D eigenvalue weighted by atomic mass is 19.1. The summed E-state index contributed by atoms with van der Waals surface area (Å²) in [6, 6.07) is 7.96. The number of benzene rings is 1. The van der Waals surface area contributed by atoms with Crippen LogP contribution in [0.2, 0.25) is 0 Å². The summed E-state index contributed by atoms with van der Waals surface area (Å²) < 4.78 is 15.4. The number of hydrogen-bond donors (Lipinski definition) is 0. The lowest BCUT2D eigenvalue weighted by atomic mass is 10.00. The third-order valence-corrected chi connectivity index (χ3v) is 5.11. The lowest BCUT2D eigenvalue weighted by Crippen LogP contribution is -2.35. The van der Waals surface area contributed by atoms with Crippen molar-refractivity contribution in [1.29, 1.82) is 0 Å². The van der Waals surface area contributed by atoms with E-state index in [1.165, 1.54) is 6.92 Å². The average molecular weight is 366 g/mol. The van der Waals surface area contributed by atoms with Crippen molar-refractivity contribution in [1.82, 2.24) is 19.7 Å². The second-order valence-corrected chi connectivity index (χ2v) is 7.34. The first-order valence-corrected chi connectivity index (χ1v) is 9.29. The molecule has 0 bridgehead atoms. The van der Waals surface area contributed by atoms with Gasteiger partial charge in [-0.15, -0.1) is 0 Å². The number of aryl methyl sites for hydroxylation is 1. The molecule has 140 valence electrons. The van der Waals surface area contributed by atoms with E-state index >= 15 is 0 Å². The molecule has 1 atom stereocenters. The van der Waals surface area contributed by atoms with Crippen LogP contribution in [0.25, 0.3) is 22.0 Å². The van der Waals surface area contributed by atoms with Crippen molar-refractivity contribution in [2.24, 2.45) is 7.05 Å². The second kappa shape index (κ2) is 7.19. The number of Topliss-reactive ketones (excluding diaryl/α,β-unsaturated/α-hetero) is 1. The summed E-state index contributed by atoms with van der Waals surface area (Å²) in [6.45, 7) is 3.63. The molecule has 0 amide bonds. The minimum absolute atomic E-state index is 0.0660. The molecule has 4 rings (SSSR count). The fourth-order valence-corrected chi connectivity index (χ4v) is 3.75. The number of hydrogen-bond acceptors (Lipinski definition) is 4. The number of piperidine rings is 1. The number of nitrogens with zero attached hydrogens (tertiary/aromatic N) is 4. The van der Waals surface area contributed by atoms with Gasteiger partial charge in [-0.05, 0) is 42.6 Å². The van der Waals surface area contributed by atoms with Crippen LogP contribution in [0.3, 0.4) is 0 Å². The van der Waals surface area contributed by atoms with E-state index in [-0.39, 0.29) is 5.78 Å². The number of likely N-dealkylation sites (tertiary alicyclic amines) is 1. The molecule has 3 aromatic rings. The van der Waals surface area contributed by atoms with Crippen LogP contribution < -0.4 is 0 Å². The van der Waals surface area contributed by atoms with Gasteiger partial charge in [0.15, 0.2) is 5.78 Å². The first-order valence-electron chi connectivity index (χ1n) is 9.29. The number of pyridine rings is 1. The Morgan fingerprint density at radius 2 is 2.19 bits per heavy atom. The Morgan fingerprint density at radius 1 is 1.33 bits per heavy atom. The van der Waals surface area contributed by atoms with E-state index < -0.39 is 6.17 Å². The number of fused-ring (bicyclic) bond motifs is 1. The zero-order valence-corrected chi connectivity index (χ0v) is 15.7. The van der Waals surface area contributed by atoms with Gasteiger partial charge in [0.2, 0.25) is 0 Å². The fraction of sp³-hybridized carbons (Fsp3) is 0.381. The molecule has 1 aliphatic heterocycles. The van der Waals surface area contributed by atoms with Crippen LogP contribution in [0.1, 0.15) is 35.8 Å². The van der Waals surface area contributed by atoms with E-state index in [9.17, 15) is 9.18 Å². The Bertz CT molecular complexity index is 997. The van der Waals surface area contributed by atoms with Crippen LogP contribution in [0.4, 0.5) is 4.39 Å². The lowest BCUT2D eigenvalue weighted by molar-refractivity contribution is 0.101. The van der Waals surface area contributed by atoms with Crippen LogP contribution in [-0.4, -0.2) is 44.7 Å². The molecule has 1 fully saturated rings. The van der Waals surface area contributed by atoms with Crippen molar-refractivity contribution in [3.8, 4) is 11.1 Å². The summed E-state index contributed by atoms with van der Waals surface area (Å²) in [4.78, 5) is 18.7. The Morgan fingerprint density at radius 3 is 2.89 bits per heavy atom. The maximum absolute atomic E-state index is 13.7. The van der Waals surface area contributed by atoms with E-state index in [1.807, 2.05) is 31.4 Å². The van der Waals surface area contributed by atoms with E-state index in [0.29, 0.717) is 25.2 Å². The van der Waals surface area contributed by atoms with Crippen molar-refractivity contribution in [3.63, 3.8) is 0 Å². The standard InChI is InChI=1S/C21H23FN4O/c1-14(27)20-9-19(16-10-23-25(2)12-16)18-6-5-15(8-21(18)24-20)11-26-7-3-4-17(22)13-26/h5-6,8-10,12,17H,3-4,7,11,13H2,1-2H3. The predicted octanol–water partition coefficient (Wildman–Crippen LogP) is 3.77. The molecule has 1 saturated heterocycles. The number of carbonyl (C=O) groups excluding carboxylic acids is 1. The zero-order valence-electron chi connectivity index (χ0n) is 15.7. The van der Waals surface area contributed by atoms with Crippen molar-refractivity contribution < 1.29 is 9.18 Å². The van der Waals surface area contributed by atoms with Gasteiger partial charge in [0.1, 0.15) is 11.9 Å². The van der Waals surface area contributed by atoms with Crippen LogP contribution in [-0.2, 0) is 13.6 Å². The van der Waals surface area contributed by atoms with Crippen LogP contribution in [0, 0.1) is 0 Å². The number of rotatable bonds is 4. The van der Waals surface area contributed by atoms with Gasteiger partial charge in [-0.3, -0.25) is 14.4 Å². The molecule has 27 heavy (non-hydrogen) atoms. The SMILES string of the molecule is CC(=O)c1cc(-c2cnn(C)c2)c2ccc(CN3CCCC(F)C3)cc2n1. The molecular weight excluding hydrogens is 343 g/mol. The maximum Gasteiger partial charge on any atom is 0.178 e. The third kappa shape index (κ3) is 3.76. The van der Waals surface area contributed by atoms with E-state index in [2.05, 4.69) is 21.0 Å². The number of halogens is 1. The van der Waals surface area contributed by atoms with E-state index in [4.69, 9.17) is 0 Å². The normalized spacial score (nSPS) is 18.1. The van der Waals surface area contributed by atoms with Gasteiger partial charge in [0.05, 0.1) is 11.7 Å². The second-order valence-electron chi connectivity index (χ2n) is 7.34. The van der Waals surface area contributed by atoms with Gasteiger partial charge in [0, 0.05) is 44.2 Å². The Kier molecular flexibility index (Phi) is 4.74. The topological polar surface area (TPSA) is 51.0 Å². The van der Waals surface area contributed by atoms with Gasteiger partial charge in [-0.25, -0.2) is 9.37 Å². The summed E-state index contributed by atoms with van der Waals surface area (Å²) >= 11 is 0. The molecule has 5 nitrogen and oxygen atoms in total.